The molecule has 0 spiro atoms. The van der Waals surface area contributed by atoms with Crippen molar-refractivity contribution < 1.29 is 9.53 Å². The predicted octanol–water partition coefficient (Wildman–Crippen LogP) is 1.64. The summed E-state index contributed by atoms with van der Waals surface area (Å²) in [4.78, 5) is 11.6. The summed E-state index contributed by atoms with van der Waals surface area (Å²) < 4.78 is 6.63. The molecule has 78 valence electrons. The Hall–Kier alpha value is -1.32. The number of nitrogens with zero attached hydrogens (tertiary/aromatic N) is 2. The van der Waals surface area contributed by atoms with E-state index in [2.05, 4.69) is 5.10 Å². The number of aromatic nitrogens is 2. The molecule has 0 bridgehead atoms. The number of carbonyl (C=O) groups is 1. The Kier molecular flexibility index (Phi) is 3.68. The molecule has 0 saturated carbocycles. The van der Waals surface area contributed by atoms with E-state index in [0.717, 1.165) is 0 Å². The summed E-state index contributed by atoms with van der Waals surface area (Å²) in [7, 11) is 0. The van der Waals surface area contributed by atoms with Gasteiger partial charge in [-0.25, -0.2) is 4.79 Å². The van der Waals surface area contributed by atoms with Crippen LogP contribution in [0.3, 0.4) is 0 Å². The van der Waals surface area contributed by atoms with Crippen molar-refractivity contribution in [3.8, 4) is 0 Å². The zero-order chi connectivity index (χ0) is 10.6. The average Bonchev–Trinajstić information content (AvgIpc) is 2.57. The number of hydrogen-bond acceptors (Lipinski definition) is 3. The molecular weight excluding hydrogens is 180 g/mol. The monoisotopic (exact) mass is 196 g/mol. The quantitative estimate of drug-likeness (QED) is 0.688. The standard InChI is InChI=1S/C10H16N2O2/c1-4-14-10(13)9(8(2)3)12-7-5-6-11-12/h5-9H,4H2,1-3H3. The first-order chi connectivity index (χ1) is 6.66. The van der Waals surface area contributed by atoms with E-state index in [9.17, 15) is 4.79 Å². The molecule has 4 heteroatoms. The molecule has 1 heterocycles. The number of esters is 1. The Morgan fingerprint density at radius 2 is 2.29 bits per heavy atom. The van der Waals surface area contributed by atoms with E-state index in [0.29, 0.717) is 6.61 Å². The molecular formula is C10H16N2O2. The molecule has 1 aromatic rings. The zero-order valence-corrected chi connectivity index (χ0v) is 8.80. The van der Waals surface area contributed by atoms with Gasteiger partial charge in [0.1, 0.15) is 0 Å². The Bertz CT molecular complexity index is 280. The molecule has 1 unspecified atom stereocenters. The summed E-state index contributed by atoms with van der Waals surface area (Å²) in [6, 6.07) is 1.49. The average molecular weight is 196 g/mol. The summed E-state index contributed by atoms with van der Waals surface area (Å²) in [6.07, 6.45) is 3.44. The molecule has 14 heavy (non-hydrogen) atoms. The molecule has 1 atom stereocenters. The SMILES string of the molecule is CCOC(=O)C(C(C)C)n1cccn1. The molecule has 1 rings (SSSR count). The van der Waals surface area contributed by atoms with Gasteiger partial charge < -0.3 is 4.74 Å². The van der Waals surface area contributed by atoms with Crippen LogP contribution < -0.4 is 0 Å². The van der Waals surface area contributed by atoms with Gasteiger partial charge >= 0.3 is 5.97 Å². The van der Waals surface area contributed by atoms with Gasteiger partial charge in [0.15, 0.2) is 6.04 Å². The van der Waals surface area contributed by atoms with E-state index >= 15 is 0 Å². The van der Waals surface area contributed by atoms with Crippen LogP contribution in [0.25, 0.3) is 0 Å². The lowest BCUT2D eigenvalue weighted by Crippen LogP contribution is -2.26. The van der Waals surface area contributed by atoms with Crippen LogP contribution in [0.4, 0.5) is 0 Å². The lowest BCUT2D eigenvalue weighted by Gasteiger charge is -2.19. The van der Waals surface area contributed by atoms with Crippen LogP contribution in [-0.2, 0) is 9.53 Å². The van der Waals surface area contributed by atoms with Gasteiger partial charge in [-0.1, -0.05) is 13.8 Å². The highest BCUT2D eigenvalue weighted by atomic mass is 16.5. The molecule has 1 aromatic heterocycles. The van der Waals surface area contributed by atoms with Crippen molar-refractivity contribution >= 4 is 5.97 Å². The fourth-order valence-electron chi connectivity index (χ4n) is 1.36. The van der Waals surface area contributed by atoms with E-state index in [1.807, 2.05) is 13.8 Å². The van der Waals surface area contributed by atoms with E-state index < -0.39 is 0 Å². The number of hydrogen-bond donors (Lipinski definition) is 0. The van der Waals surface area contributed by atoms with Crippen molar-refractivity contribution in [1.82, 2.24) is 9.78 Å². The van der Waals surface area contributed by atoms with Gasteiger partial charge in [-0.15, -0.1) is 0 Å². The van der Waals surface area contributed by atoms with Crippen molar-refractivity contribution in [2.75, 3.05) is 6.61 Å². The summed E-state index contributed by atoms with van der Waals surface area (Å²) in [6.45, 7) is 6.16. The topological polar surface area (TPSA) is 44.1 Å². The van der Waals surface area contributed by atoms with Crippen LogP contribution in [0.1, 0.15) is 26.8 Å². The molecule has 0 aliphatic carbocycles. The van der Waals surface area contributed by atoms with Crippen LogP contribution in [-0.4, -0.2) is 22.4 Å². The molecule has 0 fully saturated rings. The van der Waals surface area contributed by atoms with Crippen LogP contribution >= 0.6 is 0 Å². The van der Waals surface area contributed by atoms with Crippen molar-refractivity contribution in [2.45, 2.75) is 26.8 Å². The van der Waals surface area contributed by atoms with Crippen molar-refractivity contribution in [2.24, 2.45) is 5.92 Å². The van der Waals surface area contributed by atoms with Crippen LogP contribution in [0.5, 0.6) is 0 Å². The Morgan fingerprint density at radius 3 is 2.71 bits per heavy atom. The molecule has 0 radical (unpaired) electrons. The van der Waals surface area contributed by atoms with E-state index in [1.54, 1.807) is 30.1 Å². The van der Waals surface area contributed by atoms with Crippen molar-refractivity contribution in [3.63, 3.8) is 0 Å². The molecule has 0 aliphatic rings. The van der Waals surface area contributed by atoms with E-state index in [1.165, 1.54) is 0 Å². The van der Waals surface area contributed by atoms with Crippen molar-refractivity contribution in [3.05, 3.63) is 18.5 Å². The normalized spacial score (nSPS) is 12.9. The second kappa shape index (κ2) is 4.79. The summed E-state index contributed by atoms with van der Waals surface area (Å²) in [5.74, 6) is -0.0415. The third-order valence-corrected chi connectivity index (χ3v) is 1.97. The van der Waals surface area contributed by atoms with E-state index in [-0.39, 0.29) is 17.9 Å². The highest BCUT2D eigenvalue weighted by molar-refractivity contribution is 5.74. The Morgan fingerprint density at radius 1 is 1.57 bits per heavy atom. The maximum Gasteiger partial charge on any atom is 0.331 e. The van der Waals surface area contributed by atoms with Gasteiger partial charge in [0.25, 0.3) is 0 Å². The largest absolute Gasteiger partial charge is 0.464 e. The van der Waals surface area contributed by atoms with Crippen LogP contribution in [0.15, 0.2) is 18.5 Å². The second-order valence-electron chi connectivity index (χ2n) is 3.43. The lowest BCUT2D eigenvalue weighted by molar-refractivity contribution is -0.149. The lowest BCUT2D eigenvalue weighted by atomic mass is 10.1. The molecule has 0 aliphatic heterocycles. The maximum atomic E-state index is 11.6. The first-order valence-electron chi connectivity index (χ1n) is 4.82. The predicted molar refractivity (Wildman–Crippen MR) is 52.7 cm³/mol. The fourth-order valence-corrected chi connectivity index (χ4v) is 1.36. The van der Waals surface area contributed by atoms with Crippen LogP contribution in [0, 0.1) is 5.92 Å². The maximum absolute atomic E-state index is 11.6. The van der Waals surface area contributed by atoms with Gasteiger partial charge in [0, 0.05) is 12.4 Å². The van der Waals surface area contributed by atoms with Gasteiger partial charge in [-0.3, -0.25) is 4.68 Å². The number of carbonyl (C=O) groups excluding carboxylic acids is 1. The summed E-state index contributed by atoms with van der Waals surface area (Å²) >= 11 is 0. The molecule has 0 saturated heterocycles. The summed E-state index contributed by atoms with van der Waals surface area (Å²) in [5, 5.41) is 4.06. The summed E-state index contributed by atoms with van der Waals surface area (Å²) in [5.41, 5.74) is 0. The Balaban J connectivity index is 2.80. The van der Waals surface area contributed by atoms with Gasteiger partial charge in [0.2, 0.25) is 0 Å². The highest BCUT2D eigenvalue weighted by Gasteiger charge is 2.25. The molecule has 4 nitrogen and oxygen atoms in total. The minimum Gasteiger partial charge on any atom is -0.464 e. The molecule has 0 amide bonds. The number of ether oxygens (including phenoxy) is 1. The van der Waals surface area contributed by atoms with Gasteiger partial charge in [-0.05, 0) is 18.9 Å². The van der Waals surface area contributed by atoms with E-state index in [4.69, 9.17) is 4.74 Å². The minimum atomic E-state index is -0.315. The minimum absolute atomic E-state index is 0.175. The second-order valence-corrected chi connectivity index (χ2v) is 3.43. The first-order valence-corrected chi connectivity index (χ1v) is 4.82. The van der Waals surface area contributed by atoms with Crippen LogP contribution in [0.2, 0.25) is 0 Å². The Labute approximate surface area is 83.9 Å². The third kappa shape index (κ3) is 2.34. The fraction of sp³-hybridized carbons (Fsp3) is 0.600. The zero-order valence-electron chi connectivity index (χ0n) is 8.80. The van der Waals surface area contributed by atoms with Gasteiger partial charge in [0.05, 0.1) is 6.61 Å². The third-order valence-electron chi connectivity index (χ3n) is 1.97. The van der Waals surface area contributed by atoms with Crippen molar-refractivity contribution in [1.29, 1.82) is 0 Å². The molecule has 0 N–H and O–H groups in total. The van der Waals surface area contributed by atoms with Gasteiger partial charge in [-0.2, -0.15) is 5.10 Å². The molecule has 0 aromatic carbocycles. The highest BCUT2D eigenvalue weighted by Crippen LogP contribution is 2.17. The number of rotatable bonds is 4. The smallest absolute Gasteiger partial charge is 0.331 e. The first kappa shape index (κ1) is 10.8.